The molecule has 1 saturated heterocycles. The predicted molar refractivity (Wildman–Crippen MR) is 140 cm³/mol. The van der Waals surface area contributed by atoms with Gasteiger partial charge in [-0.05, 0) is 38.3 Å². The lowest BCUT2D eigenvalue weighted by molar-refractivity contribution is 0.0593. The lowest BCUT2D eigenvalue weighted by Crippen LogP contribution is -2.46. The smallest absolute Gasteiger partial charge is 0.358 e. The van der Waals surface area contributed by atoms with Crippen molar-refractivity contribution in [2.45, 2.75) is 44.8 Å². The van der Waals surface area contributed by atoms with Crippen LogP contribution >= 0.6 is 0 Å². The Hall–Kier alpha value is -3.46. The van der Waals surface area contributed by atoms with Crippen LogP contribution in [0.25, 0.3) is 5.57 Å². The summed E-state index contributed by atoms with van der Waals surface area (Å²) in [6.07, 6.45) is 6.41. The van der Waals surface area contributed by atoms with Gasteiger partial charge in [-0.1, -0.05) is 30.3 Å². The molecule has 2 heterocycles. The van der Waals surface area contributed by atoms with Gasteiger partial charge in [-0.2, -0.15) is 0 Å². The van der Waals surface area contributed by atoms with E-state index in [4.69, 9.17) is 9.47 Å². The number of halogens is 1. The molecule has 0 saturated carbocycles. The van der Waals surface area contributed by atoms with Crippen molar-refractivity contribution in [3.8, 4) is 0 Å². The molecule has 2 aliphatic rings. The van der Waals surface area contributed by atoms with Crippen LogP contribution in [0.15, 0.2) is 60.3 Å². The third-order valence-electron chi connectivity index (χ3n) is 6.52. The molecule has 37 heavy (non-hydrogen) atoms. The molecule has 1 fully saturated rings. The molecule has 0 amide bonds. The van der Waals surface area contributed by atoms with Crippen molar-refractivity contribution in [3.63, 3.8) is 0 Å². The number of rotatable bonds is 10. The van der Waals surface area contributed by atoms with Crippen molar-refractivity contribution in [2.75, 3.05) is 45.3 Å². The number of methoxy groups -OCH3 is 1. The molecule has 1 aromatic heterocycles. The van der Waals surface area contributed by atoms with E-state index < -0.39 is 11.6 Å². The highest BCUT2D eigenvalue weighted by molar-refractivity contribution is 5.86. The van der Waals surface area contributed by atoms with Gasteiger partial charge in [-0.25, -0.2) is 19.2 Å². The summed E-state index contributed by atoms with van der Waals surface area (Å²) >= 11 is 0. The van der Waals surface area contributed by atoms with Crippen molar-refractivity contribution in [2.24, 2.45) is 0 Å². The maximum absolute atomic E-state index is 16.4. The van der Waals surface area contributed by atoms with E-state index in [1.807, 2.05) is 44.2 Å². The molecular formula is C28H35FN4O4. The fraction of sp³-hybridized carbons (Fsp3) is 0.464. The number of piperidine rings is 1. The Morgan fingerprint density at radius 2 is 1.84 bits per heavy atom. The molecule has 8 nitrogen and oxygen atoms in total. The zero-order valence-corrected chi connectivity index (χ0v) is 21.7. The number of ether oxygens (including phenoxy) is 3. The van der Waals surface area contributed by atoms with Gasteiger partial charge in [-0.15, -0.1) is 0 Å². The van der Waals surface area contributed by atoms with Gasteiger partial charge in [0, 0.05) is 32.1 Å². The fourth-order valence-corrected chi connectivity index (χ4v) is 4.86. The molecule has 4 rings (SSSR count). The lowest BCUT2D eigenvalue weighted by Gasteiger charge is -2.38. The zero-order valence-electron chi connectivity index (χ0n) is 21.7. The number of benzene rings is 1. The van der Waals surface area contributed by atoms with Gasteiger partial charge in [0.2, 0.25) is 0 Å². The van der Waals surface area contributed by atoms with E-state index in [-0.39, 0.29) is 24.7 Å². The summed E-state index contributed by atoms with van der Waals surface area (Å²) in [6.45, 7) is 6.48. The van der Waals surface area contributed by atoms with Gasteiger partial charge in [0.25, 0.3) is 0 Å². The first kappa shape index (κ1) is 26.6. The Kier molecular flexibility index (Phi) is 8.76. The molecule has 1 unspecified atom stereocenters. The van der Waals surface area contributed by atoms with Crippen molar-refractivity contribution < 1.29 is 23.4 Å². The number of esters is 1. The van der Waals surface area contributed by atoms with Gasteiger partial charge >= 0.3 is 5.97 Å². The van der Waals surface area contributed by atoms with E-state index in [2.05, 4.69) is 24.9 Å². The molecular weight excluding hydrogens is 475 g/mol. The predicted octanol–water partition coefficient (Wildman–Crippen LogP) is 4.62. The van der Waals surface area contributed by atoms with Crippen LogP contribution in [-0.4, -0.2) is 72.5 Å². The molecule has 1 aliphatic carbocycles. The van der Waals surface area contributed by atoms with Crippen LogP contribution in [0, 0.1) is 0 Å². The minimum absolute atomic E-state index is 0.166. The average Bonchev–Trinajstić information content (AvgIpc) is 2.90. The van der Waals surface area contributed by atoms with Gasteiger partial charge in [-0.3, -0.25) is 4.90 Å². The topological polar surface area (TPSA) is 85.8 Å². The van der Waals surface area contributed by atoms with Crippen LogP contribution in [0.5, 0.6) is 0 Å². The number of aromatic nitrogens is 2. The summed E-state index contributed by atoms with van der Waals surface area (Å²) in [5.41, 5.74) is 0.365. The second kappa shape index (κ2) is 12.2. The molecule has 1 aromatic carbocycles. The molecule has 0 spiro atoms. The SMILES string of the molecule is CCOC1=CC(F)(CN2CCC(Nc3cnc(C(=O)OC)cn3)CC2)CC(OCC)=C1c1ccccc1. The van der Waals surface area contributed by atoms with Crippen molar-refractivity contribution in [1.29, 1.82) is 0 Å². The number of hydrogen-bond acceptors (Lipinski definition) is 8. The number of alkyl halides is 1. The monoisotopic (exact) mass is 510 g/mol. The highest BCUT2D eigenvalue weighted by Gasteiger charge is 2.39. The van der Waals surface area contributed by atoms with E-state index in [1.165, 1.54) is 19.5 Å². The van der Waals surface area contributed by atoms with Gasteiger partial charge < -0.3 is 19.5 Å². The van der Waals surface area contributed by atoms with Gasteiger partial charge in [0.15, 0.2) is 11.4 Å². The highest BCUT2D eigenvalue weighted by atomic mass is 19.1. The molecule has 1 aliphatic heterocycles. The average molecular weight is 511 g/mol. The summed E-state index contributed by atoms with van der Waals surface area (Å²) in [5.74, 6) is 1.25. The summed E-state index contributed by atoms with van der Waals surface area (Å²) in [4.78, 5) is 22.0. The summed E-state index contributed by atoms with van der Waals surface area (Å²) in [6, 6.07) is 10.1. The first-order valence-corrected chi connectivity index (χ1v) is 12.8. The summed E-state index contributed by atoms with van der Waals surface area (Å²) in [5, 5.41) is 3.36. The second-order valence-corrected chi connectivity index (χ2v) is 9.22. The molecule has 9 heteroatoms. The molecule has 2 aromatic rings. The third-order valence-corrected chi connectivity index (χ3v) is 6.52. The summed E-state index contributed by atoms with van der Waals surface area (Å²) in [7, 11) is 1.31. The maximum atomic E-state index is 16.4. The van der Waals surface area contributed by atoms with Crippen LogP contribution < -0.4 is 5.32 Å². The molecule has 198 valence electrons. The number of likely N-dealkylation sites (tertiary alicyclic amines) is 1. The zero-order chi connectivity index (χ0) is 26.3. The Bertz CT molecular complexity index is 1110. The minimum atomic E-state index is -1.59. The first-order valence-electron chi connectivity index (χ1n) is 12.8. The quantitative estimate of drug-likeness (QED) is 0.464. The number of nitrogens with one attached hydrogen (secondary N) is 1. The fourth-order valence-electron chi connectivity index (χ4n) is 4.86. The van der Waals surface area contributed by atoms with E-state index in [9.17, 15) is 4.79 Å². The van der Waals surface area contributed by atoms with Crippen molar-refractivity contribution in [1.82, 2.24) is 14.9 Å². The van der Waals surface area contributed by atoms with E-state index in [0.717, 1.165) is 37.1 Å². The lowest BCUT2D eigenvalue weighted by atomic mass is 9.86. The normalized spacial score (nSPS) is 20.8. The number of nitrogens with zero attached hydrogens (tertiary/aromatic N) is 3. The van der Waals surface area contributed by atoms with E-state index in [0.29, 0.717) is 30.5 Å². The maximum Gasteiger partial charge on any atom is 0.358 e. The number of hydrogen-bond donors (Lipinski definition) is 1. The Labute approximate surface area is 217 Å². The van der Waals surface area contributed by atoms with Crippen LogP contribution in [0.1, 0.15) is 49.2 Å². The van der Waals surface area contributed by atoms with Crippen LogP contribution in [0.3, 0.4) is 0 Å². The molecule has 1 atom stereocenters. The standard InChI is InChI=1S/C28H35FN4O4/c1-4-36-23-15-28(29,16-24(37-5-2)26(23)20-9-7-6-8-10-20)19-33-13-11-21(12-14-33)32-25-18-30-22(17-31-25)27(34)35-3/h6-10,15,17-18,21H,4-5,11-14,16,19H2,1-3H3,(H,31,32). The Morgan fingerprint density at radius 1 is 1.11 bits per heavy atom. The summed E-state index contributed by atoms with van der Waals surface area (Å²) < 4.78 is 33.0. The van der Waals surface area contributed by atoms with E-state index in [1.54, 1.807) is 6.08 Å². The van der Waals surface area contributed by atoms with Crippen LogP contribution in [0.2, 0.25) is 0 Å². The number of carbonyl (C=O) groups is 1. The van der Waals surface area contributed by atoms with Gasteiger partial charge in [0.1, 0.15) is 17.3 Å². The number of allylic oxidation sites excluding steroid dienone is 2. The Balaban J connectivity index is 1.40. The Morgan fingerprint density at radius 3 is 2.46 bits per heavy atom. The van der Waals surface area contributed by atoms with Crippen LogP contribution in [0.4, 0.5) is 10.2 Å². The van der Waals surface area contributed by atoms with Gasteiger partial charge in [0.05, 0.1) is 38.3 Å². The highest BCUT2D eigenvalue weighted by Crippen LogP contribution is 2.41. The minimum Gasteiger partial charge on any atom is -0.497 e. The van der Waals surface area contributed by atoms with Crippen LogP contribution in [-0.2, 0) is 14.2 Å². The molecule has 0 bridgehead atoms. The molecule has 0 radical (unpaired) electrons. The third kappa shape index (κ3) is 6.65. The second-order valence-electron chi connectivity index (χ2n) is 9.22. The van der Waals surface area contributed by atoms with E-state index >= 15 is 4.39 Å². The first-order chi connectivity index (χ1) is 17.9. The number of anilines is 1. The van der Waals surface area contributed by atoms with Crippen molar-refractivity contribution in [3.05, 3.63) is 71.6 Å². The largest absolute Gasteiger partial charge is 0.497 e. The number of carbonyl (C=O) groups excluding carboxylic acids is 1. The molecule has 1 N–H and O–H groups in total. The van der Waals surface area contributed by atoms with Crippen molar-refractivity contribution >= 4 is 17.4 Å².